The minimum atomic E-state index is 0.777. The fourth-order valence-electron chi connectivity index (χ4n) is 4.99. The van der Waals surface area contributed by atoms with Crippen molar-refractivity contribution in [3.05, 3.63) is 53.8 Å². The van der Waals surface area contributed by atoms with Crippen LogP contribution in [0.3, 0.4) is 0 Å². The number of aromatic nitrogens is 4. The van der Waals surface area contributed by atoms with Crippen LogP contribution < -0.4 is 0 Å². The summed E-state index contributed by atoms with van der Waals surface area (Å²) in [5.74, 6) is 0. The Morgan fingerprint density at radius 2 is 1.22 bits per heavy atom. The lowest BCUT2D eigenvalue weighted by Gasteiger charge is -2.14. The topological polar surface area (TPSA) is 42.1 Å². The summed E-state index contributed by atoms with van der Waals surface area (Å²) in [5, 5.41) is 13.1. The minimum absolute atomic E-state index is 0.777. The van der Waals surface area contributed by atoms with Gasteiger partial charge in [-0.05, 0) is 133 Å². The van der Waals surface area contributed by atoms with Gasteiger partial charge >= 0.3 is 0 Å². The van der Waals surface area contributed by atoms with E-state index in [1.807, 2.05) is 30.3 Å². The van der Waals surface area contributed by atoms with E-state index >= 15 is 0 Å². The molecule has 0 bridgehead atoms. The predicted octanol–water partition coefficient (Wildman–Crippen LogP) is 6.78. The van der Waals surface area contributed by atoms with Crippen molar-refractivity contribution in [3.8, 4) is 0 Å². The first-order chi connectivity index (χ1) is 17.5. The van der Waals surface area contributed by atoms with E-state index in [-0.39, 0.29) is 0 Å². The highest BCUT2D eigenvalue weighted by molar-refractivity contribution is 14.1. The third kappa shape index (κ3) is 6.48. The van der Waals surface area contributed by atoms with Gasteiger partial charge in [0.15, 0.2) is 0 Å². The Morgan fingerprint density at radius 3 is 1.86 bits per heavy atom. The maximum atomic E-state index is 6.03. The highest BCUT2D eigenvalue weighted by atomic mass is 127. The average molecular weight is 751 g/mol. The van der Waals surface area contributed by atoms with Crippen LogP contribution in [0.2, 0.25) is 10.0 Å². The summed E-state index contributed by atoms with van der Waals surface area (Å²) in [6, 6.07) is 11.9. The van der Waals surface area contributed by atoms with Crippen LogP contribution in [0.25, 0.3) is 21.8 Å². The van der Waals surface area contributed by atoms with E-state index in [1.54, 1.807) is 0 Å². The van der Waals surface area contributed by atoms with Gasteiger partial charge in [-0.2, -0.15) is 10.2 Å². The van der Waals surface area contributed by atoms with Gasteiger partial charge in [-0.25, -0.2) is 0 Å². The van der Waals surface area contributed by atoms with Crippen LogP contribution in [0.4, 0.5) is 0 Å². The number of nitrogens with zero attached hydrogens (tertiary/aromatic N) is 6. The van der Waals surface area contributed by atoms with Crippen molar-refractivity contribution in [1.29, 1.82) is 0 Å². The van der Waals surface area contributed by atoms with E-state index in [4.69, 9.17) is 23.2 Å². The maximum Gasteiger partial charge on any atom is 0.131 e. The van der Waals surface area contributed by atoms with Crippen LogP contribution in [0.15, 0.2) is 36.4 Å². The molecule has 6 rings (SSSR count). The fourth-order valence-corrected chi connectivity index (χ4v) is 6.81. The second-order valence-electron chi connectivity index (χ2n) is 9.45. The SMILES string of the molecule is Clc1ccc2c(c1)c(I)nn2CCN1CCCC1.Clc1ccc2nn(CCN3CCCC3)c(I)c2c1. The van der Waals surface area contributed by atoms with Gasteiger partial charge in [0.25, 0.3) is 0 Å². The highest BCUT2D eigenvalue weighted by Crippen LogP contribution is 2.25. The van der Waals surface area contributed by atoms with Gasteiger partial charge in [0.1, 0.15) is 7.40 Å². The van der Waals surface area contributed by atoms with Crippen molar-refractivity contribution in [1.82, 2.24) is 29.4 Å². The maximum absolute atomic E-state index is 6.03. The van der Waals surface area contributed by atoms with Crippen molar-refractivity contribution in [3.63, 3.8) is 0 Å². The largest absolute Gasteiger partial charge is 0.301 e. The molecule has 2 saturated heterocycles. The molecule has 0 atom stereocenters. The molecule has 0 unspecified atom stereocenters. The Hall–Kier alpha value is -0.660. The Kier molecular flexibility index (Phi) is 9.32. The second-order valence-corrected chi connectivity index (χ2v) is 12.4. The molecular formula is C26H30Cl2I2N6. The summed E-state index contributed by atoms with van der Waals surface area (Å²) < 4.78 is 6.42. The molecule has 4 heterocycles. The second kappa shape index (κ2) is 12.5. The summed E-state index contributed by atoms with van der Waals surface area (Å²) in [7, 11) is 0. The Morgan fingerprint density at radius 1 is 0.667 bits per heavy atom. The number of rotatable bonds is 6. The average Bonchev–Trinajstić information content (AvgIpc) is 3.67. The van der Waals surface area contributed by atoms with Gasteiger partial charge in [0, 0.05) is 33.9 Å². The molecule has 0 radical (unpaired) electrons. The lowest BCUT2D eigenvalue weighted by molar-refractivity contribution is 0.315. The van der Waals surface area contributed by atoms with E-state index in [1.165, 1.54) is 61.1 Å². The first-order valence-corrected chi connectivity index (χ1v) is 15.5. The van der Waals surface area contributed by atoms with Crippen LogP contribution in [0.5, 0.6) is 0 Å². The fraction of sp³-hybridized carbons (Fsp3) is 0.462. The first kappa shape index (κ1) is 26.9. The van der Waals surface area contributed by atoms with Gasteiger partial charge in [-0.1, -0.05) is 23.2 Å². The number of likely N-dealkylation sites (tertiary alicyclic amines) is 2. The Balaban J connectivity index is 0.000000148. The third-order valence-corrected chi connectivity index (χ3v) is 9.36. The first-order valence-electron chi connectivity index (χ1n) is 12.6. The minimum Gasteiger partial charge on any atom is -0.301 e. The molecule has 0 aliphatic carbocycles. The van der Waals surface area contributed by atoms with Crippen LogP contribution in [-0.4, -0.2) is 68.6 Å². The number of halogens is 4. The van der Waals surface area contributed by atoms with E-state index in [2.05, 4.69) is 80.6 Å². The molecule has 192 valence electrons. The number of benzene rings is 2. The molecule has 0 amide bonds. The smallest absolute Gasteiger partial charge is 0.131 e. The van der Waals surface area contributed by atoms with Gasteiger partial charge in [-0.15, -0.1) is 0 Å². The molecule has 0 saturated carbocycles. The normalized spacial score (nSPS) is 16.8. The van der Waals surface area contributed by atoms with Crippen molar-refractivity contribution >= 4 is 90.2 Å². The van der Waals surface area contributed by atoms with Crippen molar-refractivity contribution in [2.75, 3.05) is 39.3 Å². The molecule has 36 heavy (non-hydrogen) atoms. The Bertz CT molecular complexity index is 1320. The molecule has 4 aromatic rings. The molecular weight excluding hydrogens is 721 g/mol. The highest BCUT2D eigenvalue weighted by Gasteiger charge is 2.15. The van der Waals surface area contributed by atoms with E-state index < -0.39 is 0 Å². The molecule has 10 heteroatoms. The van der Waals surface area contributed by atoms with E-state index in [9.17, 15) is 0 Å². The van der Waals surface area contributed by atoms with E-state index in [0.29, 0.717) is 0 Å². The summed E-state index contributed by atoms with van der Waals surface area (Å²) in [4.78, 5) is 5.02. The summed E-state index contributed by atoms with van der Waals surface area (Å²) in [6.07, 6.45) is 5.36. The van der Waals surface area contributed by atoms with Gasteiger partial charge in [-0.3, -0.25) is 9.36 Å². The molecule has 2 aromatic heterocycles. The summed E-state index contributed by atoms with van der Waals surface area (Å²) >= 11 is 16.7. The van der Waals surface area contributed by atoms with Crippen LogP contribution >= 0.6 is 68.4 Å². The van der Waals surface area contributed by atoms with Crippen LogP contribution in [0, 0.1) is 7.40 Å². The van der Waals surface area contributed by atoms with Gasteiger partial charge in [0.2, 0.25) is 0 Å². The zero-order valence-corrected chi connectivity index (χ0v) is 26.0. The summed E-state index contributed by atoms with van der Waals surface area (Å²) in [6.45, 7) is 9.07. The molecule has 2 aromatic carbocycles. The molecule has 2 aliphatic heterocycles. The Labute approximate surface area is 249 Å². The zero-order chi connectivity index (χ0) is 25.1. The molecule has 2 fully saturated rings. The van der Waals surface area contributed by atoms with Crippen molar-refractivity contribution in [2.24, 2.45) is 0 Å². The molecule has 6 nitrogen and oxygen atoms in total. The monoisotopic (exact) mass is 750 g/mol. The standard InChI is InChI=1S/2C13H15ClIN3/c14-10-3-4-12-11(9-10)13(15)16-18(12)8-7-17-5-1-2-6-17;14-10-3-4-12-11(9-10)13(15)18(16-12)8-7-17-5-1-2-6-17/h2*3-4,9H,1-2,5-8H2. The molecule has 0 N–H and O–H groups in total. The lowest BCUT2D eigenvalue weighted by atomic mass is 10.2. The van der Waals surface area contributed by atoms with Gasteiger partial charge in [0.05, 0.1) is 24.1 Å². The predicted molar refractivity (Wildman–Crippen MR) is 166 cm³/mol. The van der Waals surface area contributed by atoms with Crippen molar-refractivity contribution < 1.29 is 0 Å². The lowest BCUT2D eigenvalue weighted by Crippen LogP contribution is -2.24. The van der Waals surface area contributed by atoms with Crippen LogP contribution in [0.1, 0.15) is 25.7 Å². The molecule has 2 aliphatic rings. The van der Waals surface area contributed by atoms with Crippen molar-refractivity contribution in [2.45, 2.75) is 38.8 Å². The van der Waals surface area contributed by atoms with Gasteiger partial charge < -0.3 is 9.80 Å². The van der Waals surface area contributed by atoms with E-state index in [0.717, 1.165) is 56.2 Å². The number of hydrogen-bond acceptors (Lipinski definition) is 4. The van der Waals surface area contributed by atoms with Crippen LogP contribution in [-0.2, 0) is 13.1 Å². The summed E-state index contributed by atoms with van der Waals surface area (Å²) in [5.41, 5.74) is 2.22. The third-order valence-electron chi connectivity index (χ3n) is 6.96. The molecule has 0 spiro atoms. The number of fused-ring (bicyclic) bond motifs is 2. The number of hydrogen-bond donors (Lipinski definition) is 0. The quantitative estimate of drug-likeness (QED) is 0.204. The zero-order valence-electron chi connectivity index (χ0n) is 20.1.